The van der Waals surface area contributed by atoms with E-state index in [4.69, 9.17) is 4.74 Å². The highest BCUT2D eigenvalue weighted by atomic mass is 32.1. The molecule has 0 atom stereocenters. The van der Waals surface area contributed by atoms with Crippen LogP contribution in [-0.4, -0.2) is 12.6 Å². The van der Waals surface area contributed by atoms with E-state index in [-0.39, 0.29) is 0 Å². The van der Waals surface area contributed by atoms with Crippen molar-refractivity contribution in [2.24, 2.45) is 5.92 Å². The van der Waals surface area contributed by atoms with Crippen LogP contribution in [0.5, 0.6) is 0 Å². The van der Waals surface area contributed by atoms with Gasteiger partial charge in [-0.15, -0.1) is 11.3 Å². The monoisotopic (exact) mass is 265 g/mol. The summed E-state index contributed by atoms with van der Waals surface area (Å²) < 4.78 is 5.77. The van der Waals surface area contributed by atoms with Crippen molar-refractivity contribution in [3.8, 4) is 0 Å². The fourth-order valence-corrected chi connectivity index (χ4v) is 3.24. The minimum absolute atomic E-state index is 0.800. The first-order valence-corrected chi connectivity index (χ1v) is 8.10. The third kappa shape index (κ3) is 3.81. The molecule has 0 aliphatic heterocycles. The number of thiophene rings is 1. The van der Waals surface area contributed by atoms with Crippen LogP contribution in [0.3, 0.4) is 0 Å². The van der Waals surface area contributed by atoms with Gasteiger partial charge in [-0.2, -0.15) is 0 Å². The van der Waals surface area contributed by atoms with Gasteiger partial charge in [-0.3, -0.25) is 0 Å². The third-order valence-corrected chi connectivity index (χ3v) is 5.06. The van der Waals surface area contributed by atoms with E-state index in [0.29, 0.717) is 0 Å². The molecule has 3 heteroatoms. The first-order valence-electron chi connectivity index (χ1n) is 7.29. The summed E-state index contributed by atoms with van der Waals surface area (Å²) in [6.45, 7) is 2.79. The third-order valence-electron chi connectivity index (χ3n) is 4.00. The maximum atomic E-state index is 5.77. The van der Waals surface area contributed by atoms with E-state index in [1.165, 1.54) is 48.3 Å². The summed E-state index contributed by atoms with van der Waals surface area (Å²) in [6, 6.07) is 5.26. The molecule has 2 aliphatic carbocycles. The van der Waals surface area contributed by atoms with Gasteiger partial charge < -0.3 is 10.1 Å². The Kier molecular flexibility index (Phi) is 4.34. The first kappa shape index (κ1) is 12.6. The van der Waals surface area contributed by atoms with Gasteiger partial charge in [0.25, 0.3) is 0 Å². The number of hydrogen-bond donors (Lipinski definition) is 1. The fourth-order valence-electron chi connectivity index (χ4n) is 2.33. The Labute approximate surface area is 114 Å². The second-order valence-electron chi connectivity index (χ2n) is 5.66. The van der Waals surface area contributed by atoms with Crippen molar-refractivity contribution in [3.05, 3.63) is 21.9 Å². The lowest BCUT2D eigenvalue weighted by molar-refractivity contribution is 0.0966. The SMILES string of the molecule is c1cc(COCCC2CCC2)sc1CNC1CC1. The highest BCUT2D eigenvalue weighted by Gasteiger charge is 2.20. The zero-order valence-corrected chi connectivity index (χ0v) is 11.8. The second-order valence-corrected chi connectivity index (χ2v) is 6.91. The van der Waals surface area contributed by atoms with Gasteiger partial charge in [0.15, 0.2) is 0 Å². The topological polar surface area (TPSA) is 21.3 Å². The molecule has 2 saturated carbocycles. The van der Waals surface area contributed by atoms with Crippen LogP contribution in [-0.2, 0) is 17.9 Å². The van der Waals surface area contributed by atoms with Crippen LogP contribution >= 0.6 is 11.3 Å². The minimum atomic E-state index is 0.800. The molecule has 18 heavy (non-hydrogen) atoms. The molecule has 2 nitrogen and oxygen atoms in total. The molecule has 0 aromatic carbocycles. The maximum absolute atomic E-state index is 5.77. The van der Waals surface area contributed by atoms with Gasteiger partial charge in [0, 0.05) is 28.9 Å². The summed E-state index contributed by atoms with van der Waals surface area (Å²) in [6.07, 6.45) is 8.29. The number of nitrogens with one attached hydrogen (secondary N) is 1. The molecule has 0 saturated heterocycles. The number of hydrogen-bond acceptors (Lipinski definition) is 3. The van der Waals surface area contributed by atoms with E-state index in [1.807, 2.05) is 11.3 Å². The Morgan fingerprint density at radius 3 is 2.72 bits per heavy atom. The van der Waals surface area contributed by atoms with E-state index in [9.17, 15) is 0 Å². The van der Waals surface area contributed by atoms with Crippen LogP contribution in [0.15, 0.2) is 12.1 Å². The Balaban J connectivity index is 1.31. The van der Waals surface area contributed by atoms with E-state index < -0.39 is 0 Å². The largest absolute Gasteiger partial charge is 0.376 e. The molecule has 1 heterocycles. The molecule has 0 bridgehead atoms. The molecule has 1 aromatic rings. The lowest BCUT2D eigenvalue weighted by Gasteiger charge is -2.24. The average Bonchev–Trinajstić information content (AvgIpc) is 3.04. The number of ether oxygens (including phenoxy) is 1. The quantitative estimate of drug-likeness (QED) is 0.724. The molecule has 0 unspecified atom stereocenters. The summed E-state index contributed by atoms with van der Waals surface area (Å²) in [4.78, 5) is 2.82. The molecule has 1 aromatic heterocycles. The summed E-state index contributed by atoms with van der Waals surface area (Å²) in [7, 11) is 0. The molecule has 2 fully saturated rings. The summed E-state index contributed by atoms with van der Waals surface area (Å²) in [5.74, 6) is 0.964. The Morgan fingerprint density at radius 2 is 2.00 bits per heavy atom. The molecule has 1 N–H and O–H groups in total. The van der Waals surface area contributed by atoms with Crippen LogP contribution < -0.4 is 5.32 Å². The maximum Gasteiger partial charge on any atom is 0.0809 e. The van der Waals surface area contributed by atoms with Gasteiger partial charge in [0.05, 0.1) is 6.61 Å². The Morgan fingerprint density at radius 1 is 1.17 bits per heavy atom. The average molecular weight is 265 g/mol. The van der Waals surface area contributed by atoms with E-state index >= 15 is 0 Å². The molecule has 100 valence electrons. The van der Waals surface area contributed by atoms with Crippen molar-refractivity contribution in [1.82, 2.24) is 5.32 Å². The van der Waals surface area contributed by atoms with Gasteiger partial charge in [0.2, 0.25) is 0 Å². The molecule has 0 amide bonds. The molecular formula is C15H23NOS. The van der Waals surface area contributed by atoms with Crippen molar-refractivity contribution in [1.29, 1.82) is 0 Å². The van der Waals surface area contributed by atoms with Crippen molar-refractivity contribution in [2.45, 2.75) is 57.7 Å². The van der Waals surface area contributed by atoms with Crippen molar-refractivity contribution in [3.63, 3.8) is 0 Å². The fraction of sp³-hybridized carbons (Fsp3) is 0.733. The van der Waals surface area contributed by atoms with E-state index in [0.717, 1.165) is 31.7 Å². The number of rotatable bonds is 8. The Bertz CT molecular complexity index is 368. The standard InChI is InChI=1S/C15H23NOS/c1-2-12(3-1)8-9-17-11-15-7-6-14(18-15)10-16-13-4-5-13/h6-7,12-13,16H,1-5,8-11H2. The smallest absolute Gasteiger partial charge is 0.0809 e. The molecule has 2 aliphatic rings. The summed E-state index contributed by atoms with van der Waals surface area (Å²) >= 11 is 1.89. The second kappa shape index (κ2) is 6.18. The van der Waals surface area contributed by atoms with Crippen molar-refractivity contribution < 1.29 is 4.74 Å². The van der Waals surface area contributed by atoms with Gasteiger partial charge >= 0.3 is 0 Å². The van der Waals surface area contributed by atoms with Crippen molar-refractivity contribution >= 4 is 11.3 Å². The lowest BCUT2D eigenvalue weighted by Crippen LogP contribution is -2.14. The first-order chi connectivity index (χ1) is 8.90. The molecule has 3 rings (SSSR count). The van der Waals surface area contributed by atoms with Gasteiger partial charge in [0.1, 0.15) is 0 Å². The highest BCUT2D eigenvalue weighted by molar-refractivity contribution is 7.11. The highest BCUT2D eigenvalue weighted by Crippen LogP contribution is 2.29. The van der Waals surface area contributed by atoms with E-state index in [1.54, 1.807) is 0 Å². The van der Waals surface area contributed by atoms with Gasteiger partial charge in [-0.05, 0) is 37.3 Å². The van der Waals surface area contributed by atoms with Crippen LogP contribution in [0.25, 0.3) is 0 Å². The van der Waals surface area contributed by atoms with Crippen LogP contribution in [0, 0.1) is 5.92 Å². The Hall–Kier alpha value is -0.380. The molecule has 0 spiro atoms. The van der Waals surface area contributed by atoms with Crippen LogP contribution in [0.1, 0.15) is 48.3 Å². The van der Waals surface area contributed by atoms with Gasteiger partial charge in [-0.1, -0.05) is 19.3 Å². The predicted octanol–water partition coefficient (Wildman–Crippen LogP) is 3.71. The predicted molar refractivity (Wildman–Crippen MR) is 75.8 cm³/mol. The zero-order chi connectivity index (χ0) is 12.2. The molecular weight excluding hydrogens is 242 g/mol. The molecule has 0 radical (unpaired) electrons. The van der Waals surface area contributed by atoms with Crippen molar-refractivity contribution in [2.75, 3.05) is 6.61 Å². The van der Waals surface area contributed by atoms with E-state index in [2.05, 4.69) is 17.4 Å². The normalized spacial score (nSPS) is 20.0. The van der Waals surface area contributed by atoms with Crippen LogP contribution in [0.2, 0.25) is 0 Å². The summed E-state index contributed by atoms with van der Waals surface area (Å²) in [5, 5.41) is 3.55. The van der Waals surface area contributed by atoms with Gasteiger partial charge in [-0.25, -0.2) is 0 Å². The summed E-state index contributed by atoms with van der Waals surface area (Å²) in [5.41, 5.74) is 0. The minimum Gasteiger partial charge on any atom is -0.376 e. The van der Waals surface area contributed by atoms with Crippen LogP contribution in [0.4, 0.5) is 0 Å². The zero-order valence-electron chi connectivity index (χ0n) is 11.0. The lowest BCUT2D eigenvalue weighted by atomic mass is 9.83.